The number of halogens is 2. The van der Waals surface area contributed by atoms with E-state index in [1.807, 2.05) is 0 Å². The summed E-state index contributed by atoms with van der Waals surface area (Å²) in [6.45, 7) is 4.03. The molecule has 0 aliphatic carbocycles. The van der Waals surface area contributed by atoms with Gasteiger partial charge in [0.05, 0.1) is 0 Å². The van der Waals surface area contributed by atoms with Crippen LogP contribution in [0.3, 0.4) is 0 Å². The van der Waals surface area contributed by atoms with Crippen molar-refractivity contribution in [3.05, 3.63) is 41.1 Å². The first-order chi connectivity index (χ1) is 8.09. The molecule has 1 amide bonds. The minimum absolute atomic E-state index is 0.0607. The summed E-state index contributed by atoms with van der Waals surface area (Å²) in [6.07, 6.45) is 0.360. The summed E-state index contributed by atoms with van der Waals surface area (Å²) < 4.78 is 14.0. The fourth-order valence-electron chi connectivity index (χ4n) is 1.10. The molecule has 0 fully saturated rings. The normalized spacial score (nSPS) is 10.0. The third-order valence-electron chi connectivity index (χ3n) is 1.90. The number of carbonyl (C=O) groups is 1. The molecule has 1 N–H and O–H groups in total. The second-order valence-corrected chi connectivity index (χ2v) is 5.58. The second kappa shape index (κ2) is 7.50. The summed E-state index contributed by atoms with van der Waals surface area (Å²) in [7, 11) is 0. The summed E-state index contributed by atoms with van der Waals surface area (Å²) in [5.41, 5.74) is 0. The number of rotatable bonds is 6. The Kier molecular flexibility index (Phi) is 6.29. The molecule has 1 aromatic rings. The van der Waals surface area contributed by atoms with E-state index in [1.54, 1.807) is 18.2 Å². The Bertz CT molecular complexity index is 411. The molecule has 0 radical (unpaired) electrons. The van der Waals surface area contributed by atoms with Crippen molar-refractivity contribution in [1.29, 1.82) is 0 Å². The third kappa shape index (κ3) is 5.89. The maximum atomic E-state index is 13.2. The van der Waals surface area contributed by atoms with Crippen LogP contribution in [-0.2, 0) is 4.79 Å². The van der Waals surface area contributed by atoms with E-state index in [4.69, 9.17) is 0 Å². The van der Waals surface area contributed by atoms with Crippen LogP contribution >= 0.6 is 27.7 Å². The topological polar surface area (TPSA) is 29.1 Å². The van der Waals surface area contributed by atoms with Gasteiger partial charge in [0.2, 0.25) is 5.91 Å². The average Bonchev–Trinajstić information content (AvgIpc) is 2.29. The summed E-state index contributed by atoms with van der Waals surface area (Å²) in [5, 5.41) is 2.69. The number of thioether (sulfide) groups is 1. The molecule has 0 unspecified atom stereocenters. The summed E-state index contributed by atoms with van der Waals surface area (Å²) in [6, 6.07) is 6.55. The van der Waals surface area contributed by atoms with Gasteiger partial charge in [-0.05, 0) is 12.1 Å². The van der Waals surface area contributed by atoms with E-state index < -0.39 is 0 Å². The summed E-state index contributed by atoms with van der Waals surface area (Å²) in [5.74, 6) is 0.253. The maximum absolute atomic E-state index is 13.2. The van der Waals surface area contributed by atoms with Crippen molar-refractivity contribution in [2.45, 2.75) is 11.3 Å². The Labute approximate surface area is 113 Å². The lowest BCUT2D eigenvalue weighted by Gasteiger charge is -2.04. The van der Waals surface area contributed by atoms with Crippen LogP contribution in [0, 0.1) is 5.82 Å². The minimum atomic E-state index is -0.244. The van der Waals surface area contributed by atoms with Gasteiger partial charge in [-0.2, -0.15) is 0 Å². The largest absolute Gasteiger partial charge is 0.351 e. The van der Waals surface area contributed by atoms with E-state index in [2.05, 4.69) is 27.8 Å². The molecular formula is C12H13BrFNOS. The number of hydrogen-bond donors (Lipinski definition) is 1. The molecule has 0 spiro atoms. The lowest BCUT2D eigenvalue weighted by molar-refractivity contribution is -0.120. The first kappa shape index (κ1) is 14.3. The smallest absolute Gasteiger partial charge is 0.221 e. The van der Waals surface area contributed by atoms with Crippen LogP contribution in [0.15, 0.2) is 40.2 Å². The molecule has 0 heterocycles. The lowest BCUT2D eigenvalue weighted by Crippen LogP contribution is -2.24. The third-order valence-corrected chi connectivity index (χ3v) is 3.23. The van der Waals surface area contributed by atoms with E-state index >= 15 is 0 Å². The number of carbonyl (C=O) groups excluding carboxylic acids is 1. The van der Waals surface area contributed by atoms with Crippen LogP contribution in [-0.4, -0.2) is 18.2 Å². The Balaban J connectivity index is 2.26. The predicted molar refractivity (Wildman–Crippen MR) is 72.8 cm³/mol. The van der Waals surface area contributed by atoms with Gasteiger partial charge in [-0.1, -0.05) is 34.6 Å². The maximum Gasteiger partial charge on any atom is 0.221 e. The first-order valence-electron chi connectivity index (χ1n) is 5.07. The molecular weight excluding hydrogens is 305 g/mol. The molecule has 92 valence electrons. The van der Waals surface area contributed by atoms with Crippen molar-refractivity contribution in [2.24, 2.45) is 0 Å². The van der Waals surface area contributed by atoms with Gasteiger partial charge < -0.3 is 5.32 Å². The molecule has 0 saturated heterocycles. The molecule has 0 bridgehead atoms. The highest BCUT2D eigenvalue weighted by Gasteiger charge is 2.04. The van der Waals surface area contributed by atoms with Crippen LogP contribution in [0.1, 0.15) is 6.42 Å². The molecule has 0 aliphatic heterocycles. The Hall–Kier alpha value is -0.810. The number of amides is 1. The van der Waals surface area contributed by atoms with Gasteiger partial charge in [-0.3, -0.25) is 4.79 Å². The average molecular weight is 318 g/mol. The molecule has 2 nitrogen and oxygen atoms in total. The van der Waals surface area contributed by atoms with Crippen LogP contribution < -0.4 is 5.32 Å². The highest BCUT2D eigenvalue weighted by Crippen LogP contribution is 2.21. The van der Waals surface area contributed by atoms with Gasteiger partial charge in [-0.25, -0.2) is 4.39 Å². The molecule has 0 aromatic heterocycles. The quantitative estimate of drug-likeness (QED) is 0.815. The number of benzene rings is 1. The SMILES string of the molecule is C=C(Br)CNC(=O)CCSc1ccccc1F. The van der Waals surface area contributed by atoms with Crippen LogP contribution in [0.4, 0.5) is 4.39 Å². The summed E-state index contributed by atoms with van der Waals surface area (Å²) >= 11 is 4.49. The Morgan fingerprint density at radius 3 is 2.82 bits per heavy atom. The zero-order valence-corrected chi connectivity index (χ0v) is 11.6. The van der Waals surface area contributed by atoms with Gasteiger partial charge in [0.1, 0.15) is 5.82 Å². The van der Waals surface area contributed by atoms with E-state index in [0.29, 0.717) is 23.6 Å². The molecule has 0 atom stereocenters. The van der Waals surface area contributed by atoms with E-state index in [1.165, 1.54) is 17.8 Å². The van der Waals surface area contributed by atoms with Gasteiger partial charge in [0.25, 0.3) is 0 Å². The van der Waals surface area contributed by atoms with Crippen molar-refractivity contribution in [2.75, 3.05) is 12.3 Å². The van der Waals surface area contributed by atoms with E-state index in [-0.39, 0.29) is 11.7 Å². The molecule has 5 heteroatoms. The van der Waals surface area contributed by atoms with Crippen molar-refractivity contribution in [3.8, 4) is 0 Å². The van der Waals surface area contributed by atoms with Crippen molar-refractivity contribution >= 4 is 33.6 Å². The van der Waals surface area contributed by atoms with Crippen LogP contribution in [0.5, 0.6) is 0 Å². The highest BCUT2D eigenvalue weighted by molar-refractivity contribution is 9.11. The van der Waals surface area contributed by atoms with Gasteiger partial charge in [0, 0.05) is 28.1 Å². The molecule has 1 aromatic carbocycles. The van der Waals surface area contributed by atoms with E-state index in [9.17, 15) is 9.18 Å². The fourth-order valence-corrected chi connectivity index (χ4v) is 2.13. The van der Waals surface area contributed by atoms with Crippen LogP contribution in [0.25, 0.3) is 0 Å². The van der Waals surface area contributed by atoms with Gasteiger partial charge in [0.15, 0.2) is 0 Å². The van der Waals surface area contributed by atoms with Crippen molar-refractivity contribution in [1.82, 2.24) is 5.32 Å². The predicted octanol–water partition coefficient (Wildman–Crippen LogP) is 3.33. The molecule has 0 saturated carbocycles. The second-order valence-electron chi connectivity index (χ2n) is 3.32. The monoisotopic (exact) mass is 317 g/mol. The minimum Gasteiger partial charge on any atom is -0.351 e. The fraction of sp³-hybridized carbons (Fsp3) is 0.250. The van der Waals surface area contributed by atoms with E-state index in [0.717, 1.165) is 4.48 Å². The Morgan fingerprint density at radius 1 is 1.47 bits per heavy atom. The molecule has 1 rings (SSSR count). The lowest BCUT2D eigenvalue weighted by atomic mass is 10.3. The van der Waals surface area contributed by atoms with Crippen molar-refractivity contribution in [3.63, 3.8) is 0 Å². The molecule has 17 heavy (non-hydrogen) atoms. The zero-order chi connectivity index (χ0) is 12.7. The van der Waals surface area contributed by atoms with Crippen molar-refractivity contribution < 1.29 is 9.18 Å². The standard InChI is InChI=1S/C12H13BrFNOS/c1-9(13)8-15-12(16)6-7-17-11-5-3-2-4-10(11)14/h2-5H,1,6-8H2,(H,15,16). The number of hydrogen-bond acceptors (Lipinski definition) is 2. The Morgan fingerprint density at radius 2 is 2.18 bits per heavy atom. The van der Waals surface area contributed by atoms with Crippen LogP contribution in [0.2, 0.25) is 0 Å². The number of nitrogens with one attached hydrogen (secondary N) is 1. The molecule has 0 aliphatic rings. The first-order valence-corrected chi connectivity index (χ1v) is 6.85. The van der Waals surface area contributed by atoms with Gasteiger partial charge in [-0.15, -0.1) is 11.8 Å². The summed E-state index contributed by atoms with van der Waals surface area (Å²) in [4.78, 5) is 11.9. The van der Waals surface area contributed by atoms with Gasteiger partial charge >= 0.3 is 0 Å². The highest BCUT2D eigenvalue weighted by atomic mass is 79.9. The zero-order valence-electron chi connectivity index (χ0n) is 9.21.